The molecule has 0 aliphatic heterocycles. The normalized spacial score (nSPS) is 10.3. The van der Waals surface area contributed by atoms with Crippen LogP contribution in [0.3, 0.4) is 0 Å². The Kier molecular flexibility index (Phi) is 6.04. The molecule has 27 heavy (non-hydrogen) atoms. The van der Waals surface area contributed by atoms with Crippen LogP contribution in [-0.2, 0) is 6.61 Å². The van der Waals surface area contributed by atoms with Gasteiger partial charge >= 0.3 is 5.97 Å². The van der Waals surface area contributed by atoms with E-state index in [-0.39, 0.29) is 5.78 Å². The van der Waals surface area contributed by atoms with Crippen molar-refractivity contribution < 1.29 is 19.1 Å². The Morgan fingerprint density at radius 2 is 1.33 bits per heavy atom. The minimum Gasteiger partial charge on any atom is -0.489 e. The minimum atomic E-state index is -0.453. The summed E-state index contributed by atoms with van der Waals surface area (Å²) in [6.45, 7) is 1.90. The van der Waals surface area contributed by atoms with Gasteiger partial charge in [0.05, 0.1) is 5.56 Å². The molecule has 0 spiro atoms. The summed E-state index contributed by atoms with van der Waals surface area (Å²) < 4.78 is 12.0. The van der Waals surface area contributed by atoms with Gasteiger partial charge in [0, 0.05) is 10.0 Å². The number of carbonyl (C=O) groups excluding carboxylic acids is 2. The number of rotatable bonds is 6. The summed E-state index contributed by atoms with van der Waals surface area (Å²) in [5.74, 6) is 0.683. The van der Waals surface area contributed by atoms with Crippen molar-refractivity contribution >= 4 is 27.7 Å². The third-order valence-corrected chi connectivity index (χ3v) is 4.41. The highest BCUT2D eigenvalue weighted by Gasteiger charge is 2.09. The van der Waals surface area contributed by atoms with Crippen LogP contribution >= 0.6 is 15.9 Å². The second-order valence-corrected chi connectivity index (χ2v) is 6.83. The molecular formula is C22H17BrO4. The van der Waals surface area contributed by atoms with Crippen molar-refractivity contribution in [3.63, 3.8) is 0 Å². The van der Waals surface area contributed by atoms with Gasteiger partial charge in [0.15, 0.2) is 5.78 Å². The maximum absolute atomic E-state index is 12.2. The predicted molar refractivity (Wildman–Crippen MR) is 106 cm³/mol. The highest BCUT2D eigenvalue weighted by atomic mass is 79.9. The van der Waals surface area contributed by atoms with Gasteiger partial charge in [-0.15, -0.1) is 0 Å². The van der Waals surface area contributed by atoms with Crippen LogP contribution in [-0.4, -0.2) is 11.8 Å². The van der Waals surface area contributed by atoms with Gasteiger partial charge in [-0.3, -0.25) is 4.79 Å². The lowest BCUT2D eigenvalue weighted by atomic mass is 10.1. The van der Waals surface area contributed by atoms with E-state index in [9.17, 15) is 9.59 Å². The van der Waals surface area contributed by atoms with Gasteiger partial charge in [0.1, 0.15) is 18.1 Å². The summed E-state index contributed by atoms with van der Waals surface area (Å²) in [5, 5.41) is 0. The SMILES string of the molecule is CC(=O)c1ccc(OC(=O)c2ccc(COc3ccc(Br)cc3)cc2)cc1. The molecule has 0 aliphatic carbocycles. The number of hydrogen-bond acceptors (Lipinski definition) is 4. The third-order valence-electron chi connectivity index (χ3n) is 3.88. The second kappa shape index (κ2) is 8.64. The average Bonchev–Trinajstić information content (AvgIpc) is 2.68. The van der Waals surface area contributed by atoms with Crippen LogP contribution in [0.2, 0.25) is 0 Å². The molecule has 0 atom stereocenters. The number of esters is 1. The van der Waals surface area contributed by atoms with Crippen molar-refractivity contribution in [3.05, 3.63) is 94.0 Å². The first-order chi connectivity index (χ1) is 13.0. The van der Waals surface area contributed by atoms with E-state index in [1.54, 1.807) is 36.4 Å². The maximum Gasteiger partial charge on any atom is 0.343 e. The van der Waals surface area contributed by atoms with E-state index in [0.717, 1.165) is 15.8 Å². The van der Waals surface area contributed by atoms with E-state index in [0.29, 0.717) is 23.5 Å². The number of hydrogen-bond donors (Lipinski definition) is 0. The molecule has 136 valence electrons. The molecule has 0 aliphatic rings. The van der Waals surface area contributed by atoms with Crippen LogP contribution < -0.4 is 9.47 Å². The maximum atomic E-state index is 12.2. The van der Waals surface area contributed by atoms with E-state index in [1.165, 1.54) is 6.92 Å². The quantitative estimate of drug-likeness (QED) is 0.300. The lowest BCUT2D eigenvalue weighted by Crippen LogP contribution is -2.08. The summed E-state index contributed by atoms with van der Waals surface area (Å²) in [7, 11) is 0. The fourth-order valence-electron chi connectivity index (χ4n) is 2.36. The van der Waals surface area contributed by atoms with Crippen molar-refractivity contribution in [1.82, 2.24) is 0 Å². The standard InChI is InChI=1S/C22H17BrO4/c1-15(24)17-6-10-21(11-7-17)27-22(25)18-4-2-16(3-5-18)14-26-20-12-8-19(23)9-13-20/h2-13H,14H2,1H3. The predicted octanol–water partition coefficient (Wildman–Crippen LogP) is 5.45. The Labute approximate surface area is 165 Å². The topological polar surface area (TPSA) is 52.6 Å². The highest BCUT2D eigenvalue weighted by molar-refractivity contribution is 9.10. The van der Waals surface area contributed by atoms with Crippen LogP contribution in [0.5, 0.6) is 11.5 Å². The molecule has 5 heteroatoms. The van der Waals surface area contributed by atoms with Crippen molar-refractivity contribution in [2.75, 3.05) is 0 Å². The smallest absolute Gasteiger partial charge is 0.343 e. The highest BCUT2D eigenvalue weighted by Crippen LogP contribution is 2.18. The molecule has 3 aromatic rings. The van der Waals surface area contributed by atoms with E-state index < -0.39 is 5.97 Å². The van der Waals surface area contributed by atoms with Crippen molar-refractivity contribution in [2.24, 2.45) is 0 Å². The molecule has 0 N–H and O–H groups in total. The lowest BCUT2D eigenvalue weighted by Gasteiger charge is -2.08. The molecule has 0 saturated heterocycles. The Morgan fingerprint density at radius 3 is 1.93 bits per heavy atom. The number of carbonyl (C=O) groups is 2. The van der Waals surface area contributed by atoms with Crippen molar-refractivity contribution in [2.45, 2.75) is 13.5 Å². The molecule has 0 heterocycles. The second-order valence-electron chi connectivity index (χ2n) is 5.91. The number of Topliss-reactive ketones (excluding diaryl/α,β-unsaturated/α-hetero) is 1. The first-order valence-corrected chi connectivity index (χ1v) is 9.11. The van der Waals surface area contributed by atoms with Crippen LogP contribution in [0, 0.1) is 0 Å². The van der Waals surface area contributed by atoms with Crippen LogP contribution in [0.4, 0.5) is 0 Å². The van der Waals surface area contributed by atoms with Gasteiger partial charge < -0.3 is 9.47 Å². The van der Waals surface area contributed by atoms with Gasteiger partial charge in [-0.2, -0.15) is 0 Å². The van der Waals surface area contributed by atoms with E-state index >= 15 is 0 Å². The summed E-state index contributed by atoms with van der Waals surface area (Å²) in [6.07, 6.45) is 0. The fraction of sp³-hybridized carbons (Fsp3) is 0.0909. The number of halogens is 1. The zero-order valence-corrected chi connectivity index (χ0v) is 16.2. The average molecular weight is 425 g/mol. The first kappa shape index (κ1) is 18.9. The summed E-state index contributed by atoms with van der Waals surface area (Å²) >= 11 is 3.38. The monoisotopic (exact) mass is 424 g/mol. The zero-order chi connectivity index (χ0) is 19.2. The van der Waals surface area contributed by atoms with Gasteiger partial charge in [-0.05, 0) is 73.2 Å². The molecule has 0 amide bonds. The Hall–Kier alpha value is -2.92. The Morgan fingerprint density at radius 1 is 0.778 bits per heavy atom. The van der Waals surface area contributed by atoms with Crippen LogP contribution in [0.15, 0.2) is 77.3 Å². The molecule has 3 rings (SSSR count). The molecule has 0 bridgehead atoms. The van der Waals surface area contributed by atoms with E-state index in [1.807, 2.05) is 36.4 Å². The van der Waals surface area contributed by atoms with Crippen molar-refractivity contribution in [3.8, 4) is 11.5 Å². The van der Waals surface area contributed by atoms with Gasteiger partial charge in [-0.25, -0.2) is 4.79 Å². The minimum absolute atomic E-state index is 0.0335. The van der Waals surface area contributed by atoms with Crippen LogP contribution in [0.25, 0.3) is 0 Å². The van der Waals surface area contributed by atoms with Gasteiger partial charge in [0.2, 0.25) is 0 Å². The Bertz CT molecular complexity index is 930. The molecule has 0 unspecified atom stereocenters. The molecule has 0 radical (unpaired) electrons. The summed E-state index contributed by atoms with van der Waals surface area (Å²) in [6, 6.07) is 21.1. The number of ketones is 1. The van der Waals surface area contributed by atoms with E-state index in [2.05, 4.69) is 15.9 Å². The molecule has 0 aromatic heterocycles. The summed E-state index contributed by atoms with van der Waals surface area (Å²) in [4.78, 5) is 23.5. The number of ether oxygens (including phenoxy) is 2. The molecular weight excluding hydrogens is 408 g/mol. The van der Waals surface area contributed by atoms with Crippen molar-refractivity contribution in [1.29, 1.82) is 0 Å². The Balaban J connectivity index is 1.58. The summed E-state index contributed by atoms with van der Waals surface area (Å²) in [5.41, 5.74) is 1.96. The van der Waals surface area contributed by atoms with Crippen LogP contribution in [0.1, 0.15) is 33.2 Å². The van der Waals surface area contributed by atoms with Gasteiger partial charge in [-0.1, -0.05) is 28.1 Å². The third kappa shape index (κ3) is 5.28. The van der Waals surface area contributed by atoms with E-state index in [4.69, 9.17) is 9.47 Å². The zero-order valence-electron chi connectivity index (χ0n) is 14.6. The first-order valence-electron chi connectivity index (χ1n) is 8.32. The molecule has 0 saturated carbocycles. The molecule has 4 nitrogen and oxygen atoms in total. The fourth-order valence-corrected chi connectivity index (χ4v) is 2.62. The molecule has 0 fully saturated rings. The molecule has 3 aromatic carbocycles. The lowest BCUT2D eigenvalue weighted by molar-refractivity contribution is 0.0734. The largest absolute Gasteiger partial charge is 0.489 e. The van der Waals surface area contributed by atoms with Gasteiger partial charge in [0.25, 0.3) is 0 Å². The number of benzene rings is 3.